The number of hydrogen-bond donors (Lipinski definition) is 3. The summed E-state index contributed by atoms with van der Waals surface area (Å²) in [5.41, 5.74) is 1.13. The monoisotopic (exact) mass is 261 g/mol. The van der Waals surface area contributed by atoms with Gasteiger partial charge in [0.15, 0.2) is 6.04 Å². The number of carbonyl (C=O) groups is 2. The number of para-hydroxylation sites is 1. The van der Waals surface area contributed by atoms with E-state index in [9.17, 15) is 9.59 Å². The van der Waals surface area contributed by atoms with Gasteiger partial charge in [-0.1, -0.05) is 6.07 Å². The van der Waals surface area contributed by atoms with Crippen LogP contribution in [0.5, 0.6) is 0 Å². The molecular formula is C12H11N3O4. The van der Waals surface area contributed by atoms with Crippen LogP contribution in [0.3, 0.4) is 0 Å². The zero-order chi connectivity index (χ0) is 13.8. The first-order valence-corrected chi connectivity index (χ1v) is 5.47. The van der Waals surface area contributed by atoms with Gasteiger partial charge in [0.1, 0.15) is 5.52 Å². The van der Waals surface area contributed by atoms with Crippen LogP contribution in [0, 0.1) is 0 Å². The zero-order valence-electron chi connectivity index (χ0n) is 9.78. The number of aliphatic hydroxyl groups excluding tert-OH is 1. The molecule has 3 N–H and O–H groups in total. The van der Waals surface area contributed by atoms with E-state index in [1.165, 1.54) is 18.5 Å². The maximum Gasteiger partial charge on any atom is 0.328 e. The van der Waals surface area contributed by atoms with Gasteiger partial charge >= 0.3 is 5.97 Å². The van der Waals surface area contributed by atoms with Crippen molar-refractivity contribution in [2.24, 2.45) is 0 Å². The first kappa shape index (κ1) is 12.9. The van der Waals surface area contributed by atoms with Crippen molar-refractivity contribution in [3.63, 3.8) is 0 Å². The van der Waals surface area contributed by atoms with Gasteiger partial charge in [-0.15, -0.1) is 0 Å². The predicted octanol–water partition coefficient (Wildman–Crippen LogP) is -0.195. The molecule has 0 spiro atoms. The third kappa shape index (κ3) is 2.66. The van der Waals surface area contributed by atoms with Crippen molar-refractivity contribution in [2.75, 3.05) is 6.61 Å². The van der Waals surface area contributed by atoms with E-state index < -0.39 is 24.5 Å². The Morgan fingerprint density at radius 1 is 1.26 bits per heavy atom. The molecule has 7 heteroatoms. The fourth-order valence-corrected chi connectivity index (χ4v) is 1.60. The number of aliphatic carboxylic acids is 1. The SMILES string of the molecule is O=C(NC(CO)C(=O)O)c1cccc2nccnc12. The zero-order valence-corrected chi connectivity index (χ0v) is 9.78. The number of carboxylic acids is 1. The van der Waals surface area contributed by atoms with Gasteiger partial charge in [-0.25, -0.2) is 4.79 Å². The summed E-state index contributed by atoms with van der Waals surface area (Å²) in [5.74, 6) is -1.92. The molecular weight excluding hydrogens is 250 g/mol. The van der Waals surface area contributed by atoms with Gasteiger partial charge in [-0.3, -0.25) is 14.8 Å². The lowest BCUT2D eigenvalue weighted by Gasteiger charge is -2.12. The Bertz CT molecular complexity index is 624. The van der Waals surface area contributed by atoms with Crippen LogP contribution in [0.1, 0.15) is 10.4 Å². The standard InChI is InChI=1S/C12H11N3O4/c16-6-9(12(18)19)15-11(17)7-2-1-3-8-10(7)14-5-4-13-8/h1-5,9,16H,6H2,(H,15,17)(H,18,19). The minimum Gasteiger partial charge on any atom is -0.480 e. The van der Waals surface area contributed by atoms with Crippen LogP contribution in [0.4, 0.5) is 0 Å². The van der Waals surface area contributed by atoms with E-state index in [2.05, 4.69) is 15.3 Å². The fourth-order valence-electron chi connectivity index (χ4n) is 1.60. The lowest BCUT2D eigenvalue weighted by molar-refractivity contribution is -0.140. The van der Waals surface area contributed by atoms with Crippen LogP contribution >= 0.6 is 0 Å². The van der Waals surface area contributed by atoms with E-state index >= 15 is 0 Å². The second-order valence-corrected chi connectivity index (χ2v) is 3.78. The number of aliphatic hydroxyl groups is 1. The van der Waals surface area contributed by atoms with Gasteiger partial charge in [-0.05, 0) is 12.1 Å². The molecule has 0 bridgehead atoms. The molecule has 7 nitrogen and oxygen atoms in total. The van der Waals surface area contributed by atoms with Crippen LogP contribution < -0.4 is 5.32 Å². The molecule has 1 aromatic heterocycles. The molecule has 0 saturated carbocycles. The number of benzene rings is 1. The van der Waals surface area contributed by atoms with Crippen molar-refractivity contribution in [1.82, 2.24) is 15.3 Å². The number of nitrogens with zero attached hydrogens (tertiary/aromatic N) is 2. The molecule has 1 aromatic carbocycles. The van der Waals surface area contributed by atoms with Crippen LogP contribution in [0.15, 0.2) is 30.6 Å². The van der Waals surface area contributed by atoms with Crippen LogP contribution in [0.2, 0.25) is 0 Å². The average Bonchev–Trinajstić information content (AvgIpc) is 2.43. The molecule has 2 rings (SSSR count). The highest BCUT2D eigenvalue weighted by Gasteiger charge is 2.21. The lowest BCUT2D eigenvalue weighted by Crippen LogP contribution is -2.43. The van der Waals surface area contributed by atoms with Crippen molar-refractivity contribution in [2.45, 2.75) is 6.04 Å². The van der Waals surface area contributed by atoms with E-state index in [1.807, 2.05) is 0 Å². The molecule has 19 heavy (non-hydrogen) atoms. The Balaban J connectivity index is 2.34. The van der Waals surface area contributed by atoms with E-state index in [-0.39, 0.29) is 5.56 Å². The highest BCUT2D eigenvalue weighted by molar-refractivity contribution is 6.05. The molecule has 1 heterocycles. The molecule has 98 valence electrons. The maximum atomic E-state index is 12.0. The van der Waals surface area contributed by atoms with Crippen LogP contribution in [-0.4, -0.2) is 44.7 Å². The summed E-state index contributed by atoms with van der Waals surface area (Å²) in [4.78, 5) is 30.8. The molecule has 1 atom stereocenters. The summed E-state index contributed by atoms with van der Waals surface area (Å²) in [6, 6.07) is 3.49. The second-order valence-electron chi connectivity index (χ2n) is 3.78. The number of hydrogen-bond acceptors (Lipinski definition) is 5. The topological polar surface area (TPSA) is 112 Å². The van der Waals surface area contributed by atoms with Crippen molar-refractivity contribution in [3.8, 4) is 0 Å². The third-order valence-corrected chi connectivity index (χ3v) is 2.53. The number of rotatable bonds is 4. The van der Waals surface area contributed by atoms with E-state index in [0.29, 0.717) is 11.0 Å². The number of carbonyl (C=O) groups excluding carboxylic acids is 1. The third-order valence-electron chi connectivity index (χ3n) is 2.53. The quantitative estimate of drug-likeness (QED) is 0.703. The normalized spacial score (nSPS) is 12.1. The number of aromatic nitrogens is 2. The van der Waals surface area contributed by atoms with Gasteiger partial charge in [0, 0.05) is 12.4 Å². The largest absolute Gasteiger partial charge is 0.480 e. The summed E-state index contributed by atoms with van der Waals surface area (Å²) < 4.78 is 0. The Kier molecular flexibility index (Phi) is 3.67. The Hall–Kier alpha value is -2.54. The number of carboxylic acid groups (broad SMARTS) is 1. The molecule has 0 saturated heterocycles. The maximum absolute atomic E-state index is 12.0. The Morgan fingerprint density at radius 3 is 2.68 bits per heavy atom. The van der Waals surface area contributed by atoms with Gasteiger partial charge in [0.05, 0.1) is 17.7 Å². The molecule has 1 amide bonds. The summed E-state index contributed by atoms with van der Waals surface area (Å²) in [6.07, 6.45) is 2.94. The summed E-state index contributed by atoms with van der Waals surface area (Å²) >= 11 is 0. The molecule has 0 fully saturated rings. The minimum absolute atomic E-state index is 0.213. The lowest BCUT2D eigenvalue weighted by atomic mass is 10.1. The second kappa shape index (κ2) is 5.40. The number of amides is 1. The summed E-state index contributed by atoms with van der Waals surface area (Å²) in [7, 11) is 0. The molecule has 0 aliphatic heterocycles. The molecule has 0 aliphatic carbocycles. The number of fused-ring (bicyclic) bond motifs is 1. The molecule has 1 unspecified atom stereocenters. The van der Waals surface area contributed by atoms with Crippen LogP contribution in [-0.2, 0) is 4.79 Å². The van der Waals surface area contributed by atoms with E-state index in [1.54, 1.807) is 12.1 Å². The predicted molar refractivity (Wildman–Crippen MR) is 65.5 cm³/mol. The van der Waals surface area contributed by atoms with Gasteiger partial charge in [0.25, 0.3) is 5.91 Å². The van der Waals surface area contributed by atoms with Gasteiger partial charge < -0.3 is 15.5 Å². The summed E-state index contributed by atoms with van der Waals surface area (Å²) in [6.45, 7) is -0.683. The van der Waals surface area contributed by atoms with E-state index in [0.717, 1.165) is 0 Å². The molecule has 0 radical (unpaired) electrons. The smallest absolute Gasteiger partial charge is 0.328 e. The summed E-state index contributed by atoms with van der Waals surface area (Å²) in [5, 5.41) is 19.9. The highest BCUT2D eigenvalue weighted by atomic mass is 16.4. The van der Waals surface area contributed by atoms with Crippen molar-refractivity contribution < 1.29 is 19.8 Å². The number of nitrogens with one attached hydrogen (secondary N) is 1. The van der Waals surface area contributed by atoms with Crippen LogP contribution in [0.25, 0.3) is 11.0 Å². The van der Waals surface area contributed by atoms with Crippen molar-refractivity contribution in [1.29, 1.82) is 0 Å². The van der Waals surface area contributed by atoms with Crippen molar-refractivity contribution in [3.05, 3.63) is 36.2 Å². The Labute approximate surface area is 107 Å². The molecule has 2 aromatic rings. The first-order chi connectivity index (χ1) is 9.13. The first-order valence-electron chi connectivity index (χ1n) is 5.47. The minimum atomic E-state index is -1.35. The molecule has 0 aliphatic rings. The van der Waals surface area contributed by atoms with E-state index in [4.69, 9.17) is 10.2 Å². The van der Waals surface area contributed by atoms with Crippen molar-refractivity contribution >= 4 is 22.9 Å². The van der Waals surface area contributed by atoms with Gasteiger partial charge in [0.2, 0.25) is 0 Å². The Morgan fingerprint density at radius 2 is 2.00 bits per heavy atom. The average molecular weight is 261 g/mol. The van der Waals surface area contributed by atoms with Gasteiger partial charge in [-0.2, -0.15) is 0 Å². The fraction of sp³-hybridized carbons (Fsp3) is 0.167. The highest BCUT2D eigenvalue weighted by Crippen LogP contribution is 2.13.